The van der Waals surface area contributed by atoms with Gasteiger partial charge in [-0.3, -0.25) is 19.9 Å². The Morgan fingerprint density at radius 2 is 0.580 bits per heavy atom. The topological polar surface area (TPSA) is 89.0 Å². The summed E-state index contributed by atoms with van der Waals surface area (Å²) in [6, 6.07) is 111. The summed E-state index contributed by atoms with van der Waals surface area (Å²) >= 11 is 0. The number of benzene rings is 14. The molecule has 470 valence electrons. The van der Waals surface area contributed by atoms with Crippen LogP contribution < -0.4 is 28.9 Å². The van der Waals surface area contributed by atoms with Gasteiger partial charge in [0.2, 0.25) is 0 Å². The molecule has 0 unspecified atom stereocenters. The summed E-state index contributed by atoms with van der Waals surface area (Å²) < 4.78 is 19.7. The fraction of sp³-hybridized carbons (Fsp3) is 0. The number of pyridine rings is 4. The molecule has 3 aliphatic heterocycles. The minimum Gasteiger partial charge on any atom is -0.452 e. The van der Waals surface area contributed by atoms with Crippen LogP contribution in [0.2, 0.25) is 0 Å². The summed E-state index contributed by atoms with van der Waals surface area (Å²) in [6.45, 7) is 0. The van der Waals surface area contributed by atoms with Gasteiger partial charge < -0.3 is 28.9 Å². The van der Waals surface area contributed by atoms with E-state index in [0.717, 1.165) is 173 Å². The monoisotopic (exact) mass is 1280 g/mol. The van der Waals surface area contributed by atoms with E-state index in [0.29, 0.717) is 0 Å². The summed E-state index contributed by atoms with van der Waals surface area (Å²) in [5.74, 6) is 5.15. The largest absolute Gasteiger partial charge is 0.452 e. The molecular weight excluding hydrogens is 1230 g/mol. The van der Waals surface area contributed by atoms with Gasteiger partial charge in [-0.25, -0.2) is 0 Å². The van der Waals surface area contributed by atoms with Gasteiger partial charge in [0.15, 0.2) is 34.5 Å². The van der Waals surface area contributed by atoms with Crippen LogP contribution in [-0.2, 0) is 0 Å². The van der Waals surface area contributed by atoms with Crippen LogP contribution in [0.1, 0.15) is 0 Å². The summed E-state index contributed by atoms with van der Waals surface area (Å²) in [4.78, 5) is 25.4. The maximum atomic E-state index is 6.59. The molecule has 0 aliphatic carbocycles. The second-order valence-corrected chi connectivity index (χ2v) is 24.9. The average Bonchev–Trinajstić information content (AvgIpc) is 0.742. The second kappa shape index (κ2) is 24.2. The third-order valence-corrected chi connectivity index (χ3v) is 19.1. The number of nitrogens with zero attached hydrogens (tertiary/aromatic N) is 7. The highest BCUT2D eigenvalue weighted by atomic mass is 16.5. The average molecular weight is 1280 g/mol. The Morgan fingerprint density at radius 1 is 0.230 bits per heavy atom. The third-order valence-electron chi connectivity index (χ3n) is 19.1. The van der Waals surface area contributed by atoms with Crippen molar-refractivity contribution in [2.45, 2.75) is 0 Å². The zero-order chi connectivity index (χ0) is 66.0. The minimum atomic E-state index is 0.830. The van der Waals surface area contributed by atoms with Crippen LogP contribution in [0.5, 0.6) is 34.5 Å². The van der Waals surface area contributed by atoms with Crippen LogP contribution in [0.25, 0.3) is 98.2 Å². The highest BCUT2D eigenvalue weighted by Crippen LogP contribution is 2.59. The lowest BCUT2D eigenvalue weighted by Crippen LogP contribution is -2.16. The first-order valence-corrected chi connectivity index (χ1v) is 33.4. The Bertz CT molecular complexity index is 5980. The first-order chi connectivity index (χ1) is 49.6. The molecule has 0 spiro atoms. The Hall–Kier alpha value is -13.7. The number of ether oxygens (including phenoxy) is 3. The molecule has 3 aliphatic rings. The van der Waals surface area contributed by atoms with Crippen molar-refractivity contribution in [3.63, 3.8) is 0 Å². The van der Waals surface area contributed by atoms with E-state index >= 15 is 0 Å². The van der Waals surface area contributed by atoms with Crippen molar-refractivity contribution >= 4 is 127 Å². The van der Waals surface area contributed by atoms with E-state index in [1.807, 2.05) is 73.2 Å². The van der Waals surface area contributed by atoms with Crippen molar-refractivity contribution in [2.75, 3.05) is 14.7 Å². The van der Waals surface area contributed by atoms with Gasteiger partial charge in [0.05, 0.1) is 80.5 Å². The summed E-state index contributed by atoms with van der Waals surface area (Å²) in [7, 11) is 0. The van der Waals surface area contributed by atoms with Crippen molar-refractivity contribution in [2.24, 2.45) is 0 Å². The van der Waals surface area contributed by atoms with Crippen LogP contribution in [0.3, 0.4) is 0 Å². The number of rotatable bonds is 5. The molecule has 10 heteroatoms. The molecule has 100 heavy (non-hydrogen) atoms. The molecule has 0 saturated heterocycles. The van der Waals surface area contributed by atoms with Crippen LogP contribution >= 0.6 is 0 Å². The van der Waals surface area contributed by atoms with Gasteiger partial charge >= 0.3 is 0 Å². The Morgan fingerprint density at radius 3 is 1.02 bits per heavy atom. The molecule has 4 aromatic heterocycles. The smallest absolute Gasteiger partial charge is 0.159 e. The van der Waals surface area contributed by atoms with Crippen LogP contribution in [0.4, 0.5) is 51.2 Å². The second-order valence-electron chi connectivity index (χ2n) is 24.9. The molecule has 14 aromatic carbocycles. The van der Waals surface area contributed by atoms with Crippen LogP contribution in [-0.4, -0.2) is 19.9 Å². The molecular formula is C90H57N7O3. The van der Waals surface area contributed by atoms with Crippen molar-refractivity contribution < 1.29 is 14.2 Å². The first-order valence-electron chi connectivity index (χ1n) is 33.4. The third kappa shape index (κ3) is 9.96. The first kappa shape index (κ1) is 57.7. The number of para-hydroxylation sites is 1. The van der Waals surface area contributed by atoms with Gasteiger partial charge in [0, 0.05) is 61.3 Å². The van der Waals surface area contributed by atoms with E-state index in [4.69, 9.17) is 24.2 Å². The Balaban J connectivity index is 0.000000104. The normalized spacial score (nSPS) is 12.4. The number of hydrogen-bond donors (Lipinski definition) is 0. The predicted octanol–water partition coefficient (Wildman–Crippen LogP) is 24.8. The van der Waals surface area contributed by atoms with E-state index in [9.17, 15) is 0 Å². The highest BCUT2D eigenvalue weighted by Gasteiger charge is 2.33. The molecule has 0 amide bonds. The molecule has 0 radical (unpaired) electrons. The molecule has 0 N–H and O–H groups in total. The molecule has 18 aromatic rings. The molecule has 0 saturated carbocycles. The zero-order valence-electron chi connectivity index (χ0n) is 53.8. The summed E-state index contributed by atoms with van der Waals surface area (Å²) in [6.07, 6.45) is 7.49. The van der Waals surface area contributed by atoms with Gasteiger partial charge in [-0.15, -0.1) is 0 Å². The van der Waals surface area contributed by atoms with E-state index in [-0.39, 0.29) is 0 Å². The lowest BCUT2D eigenvalue weighted by molar-refractivity contribution is 0.483. The number of anilines is 9. The van der Waals surface area contributed by atoms with Crippen molar-refractivity contribution in [3.8, 4) is 57.1 Å². The standard InChI is InChI=1S/C31H20N2O.C30H19N3O.C29H18N2O/c1-3-9-25-21(7-1)15-19-29-30(25)33(24-16-12-23(13-17-24)27-11-5-6-20-32-27)28-18-14-22-8-2-4-10-26(22)31(28)34-29;1-3-9-23-20(7-1)13-17-28-29(23)33(22-14-15-26(32-19-22)25-11-5-6-18-31-25)27-16-12-21-8-2-4-10-24(21)30(27)34-28;1-4-10-23-19(7-1)14-16-27-28(23)31(22-17-21-9-3-6-12-25(21)30-18-22)26-15-13-20-8-2-5-11-24(20)29(26)32-27/h1-20H;1-19H;1-18H. The predicted molar refractivity (Wildman–Crippen MR) is 408 cm³/mol. The van der Waals surface area contributed by atoms with Gasteiger partial charge in [-0.1, -0.05) is 224 Å². The fourth-order valence-corrected chi connectivity index (χ4v) is 14.4. The molecule has 0 bridgehead atoms. The van der Waals surface area contributed by atoms with E-state index in [1.54, 1.807) is 6.20 Å². The van der Waals surface area contributed by atoms with Gasteiger partial charge in [0.1, 0.15) is 0 Å². The fourth-order valence-electron chi connectivity index (χ4n) is 14.4. The van der Waals surface area contributed by atoms with E-state index in [1.165, 1.54) is 10.8 Å². The maximum absolute atomic E-state index is 6.59. The van der Waals surface area contributed by atoms with E-state index in [2.05, 4.69) is 292 Å². The molecule has 10 nitrogen and oxygen atoms in total. The Labute approximate surface area is 575 Å². The maximum Gasteiger partial charge on any atom is 0.159 e. The lowest BCUT2D eigenvalue weighted by atomic mass is 10.0. The van der Waals surface area contributed by atoms with Crippen molar-refractivity contribution in [1.82, 2.24) is 19.9 Å². The van der Waals surface area contributed by atoms with Crippen molar-refractivity contribution in [3.05, 3.63) is 346 Å². The lowest BCUT2D eigenvalue weighted by Gasteiger charge is -2.34. The summed E-state index contributed by atoms with van der Waals surface area (Å²) in [5, 5.41) is 14.8. The molecule has 7 heterocycles. The zero-order valence-corrected chi connectivity index (χ0v) is 53.8. The van der Waals surface area contributed by atoms with Crippen LogP contribution in [0, 0.1) is 0 Å². The summed E-state index contributed by atoms with van der Waals surface area (Å²) in [5.41, 5.74) is 14.0. The SMILES string of the molecule is c1ccc(-c2ccc(N3c4ccc5ccccc5c4Oc4ccc5ccccc5c43)cc2)nc1.c1ccc(-c2ccc(N3c4ccc5ccccc5c4Oc4ccc5ccccc5c43)cn2)nc1.c1ccc2ncc(N3c4ccc5ccccc5c4Oc4ccc5ccccc5c43)cc2c1. The highest BCUT2D eigenvalue weighted by molar-refractivity contribution is 6.11. The number of hydrogen-bond acceptors (Lipinski definition) is 10. The van der Waals surface area contributed by atoms with Gasteiger partial charge in [-0.2, -0.15) is 0 Å². The Kier molecular flexibility index (Phi) is 14.0. The number of fused-ring (bicyclic) bond motifs is 19. The van der Waals surface area contributed by atoms with Gasteiger partial charge in [-0.05, 0) is 129 Å². The quantitative estimate of drug-likeness (QED) is 0.166. The molecule has 0 fully saturated rings. The molecule has 21 rings (SSSR count). The molecule has 0 atom stereocenters. The number of aromatic nitrogens is 4. The van der Waals surface area contributed by atoms with Crippen molar-refractivity contribution in [1.29, 1.82) is 0 Å². The van der Waals surface area contributed by atoms with E-state index < -0.39 is 0 Å². The minimum absolute atomic E-state index is 0.830. The van der Waals surface area contributed by atoms with Gasteiger partial charge in [0.25, 0.3) is 0 Å². The van der Waals surface area contributed by atoms with Crippen LogP contribution in [0.15, 0.2) is 346 Å².